The van der Waals surface area contributed by atoms with Crippen molar-refractivity contribution in [2.75, 3.05) is 13.1 Å². The number of nitrogens with one attached hydrogen (secondary N) is 2. The summed E-state index contributed by atoms with van der Waals surface area (Å²) in [5, 5.41) is 15.0. The number of nitrogens with zero attached hydrogens (tertiary/aromatic N) is 5. The van der Waals surface area contributed by atoms with Crippen molar-refractivity contribution in [1.29, 1.82) is 0 Å². The van der Waals surface area contributed by atoms with Gasteiger partial charge in [0.05, 0.1) is 5.69 Å². The van der Waals surface area contributed by atoms with E-state index in [1.54, 1.807) is 6.26 Å². The molecule has 0 amide bonds. The van der Waals surface area contributed by atoms with Crippen molar-refractivity contribution in [2.45, 2.75) is 26.8 Å². The van der Waals surface area contributed by atoms with Crippen molar-refractivity contribution >= 4 is 11.6 Å². The number of rotatable bonds is 7. The van der Waals surface area contributed by atoms with Crippen molar-refractivity contribution in [1.82, 2.24) is 30.2 Å². The van der Waals surface area contributed by atoms with E-state index in [1.807, 2.05) is 47.9 Å². The van der Waals surface area contributed by atoms with Gasteiger partial charge in [-0.15, -0.1) is 10.2 Å². The van der Waals surface area contributed by atoms with E-state index in [1.165, 1.54) is 5.56 Å². The molecule has 1 aromatic carbocycles. The number of aliphatic imine (C=N–C) groups is 1. The maximum absolute atomic E-state index is 5.63. The number of aryl methyl sites for hydroxylation is 1. The summed E-state index contributed by atoms with van der Waals surface area (Å²) in [4.78, 5) is 9.21. The monoisotopic (exact) mass is 403 g/mol. The van der Waals surface area contributed by atoms with Gasteiger partial charge in [0, 0.05) is 31.3 Å². The smallest absolute Gasteiger partial charge is 0.226 e. The maximum atomic E-state index is 5.63. The molecule has 8 nitrogen and oxygen atoms in total. The Labute approximate surface area is 175 Å². The number of guanidine groups is 1. The topological polar surface area (TPSA) is 92.6 Å². The van der Waals surface area contributed by atoms with Crippen LogP contribution in [0.3, 0.4) is 0 Å². The second kappa shape index (κ2) is 9.21. The zero-order chi connectivity index (χ0) is 20.8. The fourth-order valence-corrected chi connectivity index (χ4v) is 3.05. The molecular weight excluding hydrogens is 378 g/mol. The Morgan fingerprint density at radius 1 is 1.10 bits per heavy atom. The van der Waals surface area contributed by atoms with Crippen LogP contribution in [0.4, 0.5) is 0 Å². The molecule has 0 fully saturated rings. The first-order valence-electron chi connectivity index (χ1n) is 10.0. The molecule has 0 unspecified atom stereocenters. The fraction of sp³-hybridized carbons (Fsp3) is 0.273. The van der Waals surface area contributed by atoms with Gasteiger partial charge < -0.3 is 15.1 Å². The average Bonchev–Trinajstić information content (AvgIpc) is 3.40. The van der Waals surface area contributed by atoms with Gasteiger partial charge in [0.1, 0.15) is 12.8 Å². The first kappa shape index (κ1) is 19.6. The van der Waals surface area contributed by atoms with E-state index in [2.05, 4.69) is 49.9 Å². The largest absolute Gasteiger partial charge is 0.444 e. The number of aromatic nitrogens is 4. The molecule has 0 spiro atoms. The molecule has 4 rings (SSSR count). The first-order valence-corrected chi connectivity index (χ1v) is 10.0. The molecule has 30 heavy (non-hydrogen) atoms. The Bertz CT molecular complexity index is 1130. The highest BCUT2D eigenvalue weighted by Gasteiger charge is 2.08. The number of fused-ring (bicyclic) bond motifs is 1. The lowest BCUT2D eigenvalue weighted by Gasteiger charge is -2.10. The van der Waals surface area contributed by atoms with Gasteiger partial charge in [-0.1, -0.05) is 23.8 Å². The quantitative estimate of drug-likeness (QED) is 0.364. The van der Waals surface area contributed by atoms with E-state index in [0.717, 1.165) is 41.7 Å². The zero-order valence-electron chi connectivity index (χ0n) is 17.2. The van der Waals surface area contributed by atoms with Crippen LogP contribution in [0.15, 0.2) is 64.3 Å². The molecule has 0 saturated carbocycles. The number of oxazole rings is 1. The molecule has 4 aromatic rings. The third-order valence-corrected chi connectivity index (χ3v) is 4.63. The lowest BCUT2D eigenvalue weighted by molar-refractivity contribution is 0.572. The van der Waals surface area contributed by atoms with E-state index in [0.29, 0.717) is 19.0 Å². The van der Waals surface area contributed by atoms with Gasteiger partial charge in [0.15, 0.2) is 17.4 Å². The molecule has 0 radical (unpaired) electrons. The summed E-state index contributed by atoms with van der Waals surface area (Å²) >= 11 is 0. The summed E-state index contributed by atoms with van der Waals surface area (Å²) in [5.74, 6) is 2.17. The molecular formula is C22H25N7O. The van der Waals surface area contributed by atoms with Gasteiger partial charge in [0.2, 0.25) is 5.89 Å². The van der Waals surface area contributed by atoms with Gasteiger partial charge in [0.25, 0.3) is 0 Å². The van der Waals surface area contributed by atoms with Crippen LogP contribution < -0.4 is 10.6 Å². The third-order valence-electron chi connectivity index (χ3n) is 4.63. The summed E-state index contributed by atoms with van der Waals surface area (Å²) in [6, 6.07) is 14.0. The molecule has 0 aliphatic heterocycles. The summed E-state index contributed by atoms with van der Waals surface area (Å²) in [5.41, 5.74) is 3.91. The third kappa shape index (κ3) is 4.65. The van der Waals surface area contributed by atoms with E-state index in [4.69, 9.17) is 4.42 Å². The van der Waals surface area contributed by atoms with Gasteiger partial charge in [-0.2, -0.15) is 0 Å². The minimum absolute atomic E-state index is 0.433. The standard InChI is InChI=1S/C22H25N7O/c1-3-23-22(25-14-20-28-27-19-6-4-5-13-29(19)20)24-12-11-18-15-30-21(26-18)17-9-7-16(2)8-10-17/h4-10,13,15H,3,11-12,14H2,1-2H3,(H2,23,24,25). The predicted octanol–water partition coefficient (Wildman–Crippen LogP) is 2.99. The van der Waals surface area contributed by atoms with Crippen LogP contribution in [-0.4, -0.2) is 38.6 Å². The second-order valence-electron chi connectivity index (χ2n) is 6.93. The highest BCUT2D eigenvalue weighted by Crippen LogP contribution is 2.19. The minimum atomic E-state index is 0.433. The van der Waals surface area contributed by atoms with Crippen molar-refractivity contribution in [3.05, 3.63) is 72.0 Å². The van der Waals surface area contributed by atoms with Crippen molar-refractivity contribution in [2.24, 2.45) is 4.99 Å². The number of pyridine rings is 1. The maximum Gasteiger partial charge on any atom is 0.226 e. The van der Waals surface area contributed by atoms with E-state index < -0.39 is 0 Å². The fourth-order valence-electron chi connectivity index (χ4n) is 3.05. The van der Waals surface area contributed by atoms with Gasteiger partial charge in [-0.25, -0.2) is 9.98 Å². The molecule has 2 N–H and O–H groups in total. The minimum Gasteiger partial charge on any atom is -0.444 e. The number of hydrogen-bond donors (Lipinski definition) is 2. The summed E-state index contributed by atoms with van der Waals surface area (Å²) in [6.07, 6.45) is 4.38. The van der Waals surface area contributed by atoms with Crippen LogP contribution in [0.25, 0.3) is 17.1 Å². The molecule has 3 aromatic heterocycles. The SMILES string of the molecule is CCNC(=NCc1nnc2ccccn12)NCCc1coc(-c2ccc(C)cc2)n1. The van der Waals surface area contributed by atoms with Crippen LogP contribution in [0.5, 0.6) is 0 Å². The molecule has 154 valence electrons. The van der Waals surface area contributed by atoms with Crippen LogP contribution in [0.1, 0.15) is 24.0 Å². The molecule has 0 saturated heterocycles. The summed E-state index contributed by atoms with van der Waals surface area (Å²) in [6.45, 7) is 5.99. The average molecular weight is 403 g/mol. The summed E-state index contributed by atoms with van der Waals surface area (Å²) < 4.78 is 7.57. The van der Waals surface area contributed by atoms with Crippen molar-refractivity contribution in [3.63, 3.8) is 0 Å². The Morgan fingerprint density at radius 2 is 1.97 bits per heavy atom. The lowest BCUT2D eigenvalue weighted by atomic mass is 10.1. The number of benzene rings is 1. The van der Waals surface area contributed by atoms with Gasteiger partial charge in [-0.3, -0.25) is 4.40 Å². The molecule has 0 aliphatic rings. The van der Waals surface area contributed by atoms with Crippen molar-refractivity contribution in [3.8, 4) is 11.5 Å². The first-order chi connectivity index (χ1) is 14.7. The Balaban J connectivity index is 1.35. The molecule has 0 bridgehead atoms. The Hall–Kier alpha value is -3.68. The lowest BCUT2D eigenvalue weighted by Crippen LogP contribution is -2.38. The van der Waals surface area contributed by atoms with E-state index in [-0.39, 0.29) is 0 Å². The van der Waals surface area contributed by atoms with E-state index >= 15 is 0 Å². The highest BCUT2D eigenvalue weighted by atomic mass is 16.3. The summed E-state index contributed by atoms with van der Waals surface area (Å²) in [7, 11) is 0. The van der Waals surface area contributed by atoms with E-state index in [9.17, 15) is 0 Å². The zero-order valence-corrected chi connectivity index (χ0v) is 17.2. The van der Waals surface area contributed by atoms with Gasteiger partial charge >= 0.3 is 0 Å². The predicted molar refractivity (Wildman–Crippen MR) is 116 cm³/mol. The van der Waals surface area contributed by atoms with Crippen LogP contribution in [0.2, 0.25) is 0 Å². The van der Waals surface area contributed by atoms with Crippen molar-refractivity contribution < 1.29 is 4.42 Å². The number of hydrogen-bond acceptors (Lipinski definition) is 5. The van der Waals surface area contributed by atoms with Crippen LogP contribution in [-0.2, 0) is 13.0 Å². The molecule has 8 heteroatoms. The molecule has 0 aliphatic carbocycles. The molecule has 3 heterocycles. The Kier molecular flexibility index (Phi) is 6.03. The van der Waals surface area contributed by atoms with Crippen LogP contribution in [0, 0.1) is 6.92 Å². The van der Waals surface area contributed by atoms with Gasteiger partial charge in [-0.05, 0) is 38.1 Å². The normalized spacial score (nSPS) is 11.7. The molecule has 0 atom stereocenters. The highest BCUT2D eigenvalue weighted by molar-refractivity contribution is 5.79. The Morgan fingerprint density at radius 3 is 2.80 bits per heavy atom. The van der Waals surface area contributed by atoms with Crippen LogP contribution >= 0.6 is 0 Å². The second-order valence-corrected chi connectivity index (χ2v) is 6.93.